The van der Waals surface area contributed by atoms with E-state index in [0.717, 1.165) is 30.7 Å². The highest BCUT2D eigenvalue weighted by Crippen LogP contribution is 2.41. The van der Waals surface area contributed by atoms with Crippen molar-refractivity contribution >= 4 is 10.1 Å². The summed E-state index contributed by atoms with van der Waals surface area (Å²) in [6.45, 7) is 18.8. The molecule has 36 heavy (non-hydrogen) atoms. The Morgan fingerprint density at radius 3 is 1.19 bits per heavy atom. The van der Waals surface area contributed by atoms with E-state index in [1.165, 1.54) is 0 Å². The van der Waals surface area contributed by atoms with Crippen LogP contribution < -0.4 is 0 Å². The van der Waals surface area contributed by atoms with Gasteiger partial charge in [0.15, 0.2) is 10.1 Å². The van der Waals surface area contributed by atoms with Crippen molar-refractivity contribution in [1.82, 2.24) is 0 Å². The van der Waals surface area contributed by atoms with E-state index < -0.39 is 46.7 Å². The highest BCUT2D eigenvalue weighted by molar-refractivity contribution is 7.86. The quantitative estimate of drug-likeness (QED) is 0.0551. The van der Waals surface area contributed by atoms with Gasteiger partial charge < -0.3 is 9.04 Å². The molecule has 0 atom stereocenters. The summed E-state index contributed by atoms with van der Waals surface area (Å²) >= 11 is 0. The van der Waals surface area contributed by atoms with Gasteiger partial charge in [-0.3, -0.25) is 0 Å². The largest absolute Gasteiger partial charge is 0.743 e. The lowest BCUT2D eigenvalue weighted by Gasteiger charge is -2.35. The Balaban J connectivity index is 0. The predicted octanol–water partition coefficient (Wildman–Crippen LogP) is 7.38. The van der Waals surface area contributed by atoms with Crippen LogP contribution in [-0.2, 0) is 10.1 Å². The van der Waals surface area contributed by atoms with Crippen molar-refractivity contribution in [3.05, 3.63) is 50.6 Å². The second-order valence-corrected chi connectivity index (χ2v) is 9.91. The molecule has 0 saturated heterocycles. The van der Waals surface area contributed by atoms with E-state index in [1.54, 1.807) is 0 Å². The third-order valence-corrected chi connectivity index (χ3v) is 6.18. The average Bonchev–Trinajstić information content (AvgIpc) is 2.72. The van der Waals surface area contributed by atoms with Crippen LogP contribution in [0.25, 0.3) is 0 Å². The van der Waals surface area contributed by atoms with Crippen LogP contribution >= 0.6 is 0 Å². The third-order valence-electron chi connectivity index (χ3n) is 5.26. The molecular formula is C24H38F7NO3S. The first kappa shape index (κ1) is 36.5. The Morgan fingerprint density at radius 1 is 0.611 bits per heavy atom. The van der Waals surface area contributed by atoms with E-state index in [2.05, 4.69) is 26.3 Å². The Labute approximate surface area is 210 Å². The number of nitrogens with zero attached hydrogens (tertiary/aromatic N) is 1. The van der Waals surface area contributed by atoms with Gasteiger partial charge in [-0.1, -0.05) is 58.4 Å². The smallest absolute Gasteiger partial charge is 0.396 e. The molecule has 0 aromatic carbocycles. The van der Waals surface area contributed by atoms with E-state index in [1.807, 2.05) is 24.3 Å². The summed E-state index contributed by atoms with van der Waals surface area (Å²) in [4.78, 5) is 0. The standard InChI is InChI=1S/C12H19F7O3S.C12H20N/c13-10(14,12(18,19)23(20,21)22)8-6-4-2-1-3-5-7-9-11(15,16)17;1-5-9-13(10-6-2,11-7-3)12-8-4/h1-9H2,(H,20,21,22);5-8H,1-4,9-12H2/q;+1/p-1. The molecule has 0 fully saturated rings. The van der Waals surface area contributed by atoms with Crippen LogP contribution in [0.4, 0.5) is 30.7 Å². The summed E-state index contributed by atoms with van der Waals surface area (Å²) in [6.07, 6.45) is 2.43. The number of rotatable bonds is 19. The van der Waals surface area contributed by atoms with Crippen LogP contribution in [0.1, 0.15) is 57.8 Å². The fraction of sp³-hybridized carbons (Fsp3) is 0.667. The zero-order valence-corrected chi connectivity index (χ0v) is 21.4. The minimum Gasteiger partial charge on any atom is -0.743 e. The topological polar surface area (TPSA) is 57.2 Å². The van der Waals surface area contributed by atoms with Gasteiger partial charge in [0.25, 0.3) is 0 Å². The number of unbranched alkanes of at least 4 members (excludes halogenated alkanes) is 6. The van der Waals surface area contributed by atoms with Gasteiger partial charge in [-0.05, 0) is 37.1 Å². The fourth-order valence-corrected chi connectivity index (χ4v) is 3.90. The van der Waals surface area contributed by atoms with Crippen molar-refractivity contribution in [3.8, 4) is 0 Å². The van der Waals surface area contributed by atoms with Crippen LogP contribution in [0.2, 0.25) is 0 Å². The predicted molar refractivity (Wildman–Crippen MR) is 128 cm³/mol. The first-order valence-electron chi connectivity index (χ1n) is 11.5. The van der Waals surface area contributed by atoms with Crippen molar-refractivity contribution in [1.29, 1.82) is 0 Å². The molecule has 0 spiro atoms. The van der Waals surface area contributed by atoms with Crippen molar-refractivity contribution in [2.24, 2.45) is 0 Å². The molecule has 0 aromatic rings. The van der Waals surface area contributed by atoms with Crippen LogP contribution in [0.15, 0.2) is 50.6 Å². The molecule has 12 heteroatoms. The van der Waals surface area contributed by atoms with E-state index >= 15 is 0 Å². The van der Waals surface area contributed by atoms with E-state index in [9.17, 15) is 43.7 Å². The molecule has 0 N–H and O–H groups in total. The number of halogens is 7. The maximum atomic E-state index is 13.0. The van der Waals surface area contributed by atoms with Gasteiger partial charge in [-0.25, -0.2) is 8.42 Å². The molecule has 4 nitrogen and oxygen atoms in total. The molecule has 0 aliphatic carbocycles. The zero-order chi connectivity index (χ0) is 28.5. The molecule has 0 heterocycles. The second-order valence-electron chi connectivity index (χ2n) is 8.49. The van der Waals surface area contributed by atoms with Gasteiger partial charge >= 0.3 is 17.4 Å². The number of quaternary nitrogens is 1. The van der Waals surface area contributed by atoms with Crippen LogP contribution in [0.5, 0.6) is 0 Å². The summed E-state index contributed by atoms with van der Waals surface area (Å²) in [5, 5.41) is -5.66. The monoisotopic (exact) mass is 553 g/mol. The lowest BCUT2D eigenvalue weighted by atomic mass is 10.1. The van der Waals surface area contributed by atoms with Gasteiger partial charge in [0, 0.05) is 12.8 Å². The normalized spacial score (nSPS) is 12.9. The molecule has 0 bridgehead atoms. The molecule has 0 amide bonds. The average molecular weight is 554 g/mol. The Kier molecular flexibility index (Phi) is 17.2. The maximum Gasteiger partial charge on any atom is 0.396 e. The molecule has 0 aliphatic heterocycles. The van der Waals surface area contributed by atoms with Gasteiger partial charge in [-0.15, -0.1) is 0 Å². The Hall–Kier alpha value is -1.66. The van der Waals surface area contributed by atoms with Crippen LogP contribution in [-0.4, -0.2) is 61.0 Å². The molecular weight excluding hydrogens is 515 g/mol. The van der Waals surface area contributed by atoms with E-state index in [-0.39, 0.29) is 12.8 Å². The zero-order valence-electron chi connectivity index (χ0n) is 20.6. The minimum absolute atomic E-state index is 0.0326. The molecule has 212 valence electrons. The summed E-state index contributed by atoms with van der Waals surface area (Å²) in [5.74, 6) is -4.94. The summed E-state index contributed by atoms with van der Waals surface area (Å²) < 4.78 is 118. The highest BCUT2D eigenvalue weighted by Gasteiger charge is 2.60. The number of alkyl halides is 7. The Bertz CT molecular complexity index is 721. The third kappa shape index (κ3) is 14.8. The van der Waals surface area contributed by atoms with E-state index in [4.69, 9.17) is 0 Å². The van der Waals surface area contributed by atoms with Gasteiger partial charge in [-0.2, -0.15) is 30.7 Å². The summed E-state index contributed by atoms with van der Waals surface area (Å²) in [6, 6.07) is 0. The second kappa shape index (κ2) is 17.0. The summed E-state index contributed by atoms with van der Waals surface area (Å²) in [5.41, 5.74) is 0. The molecule has 0 aromatic heterocycles. The number of hydrogen-bond donors (Lipinski definition) is 0. The molecule has 0 aliphatic rings. The number of hydrogen-bond acceptors (Lipinski definition) is 3. The Morgan fingerprint density at radius 2 is 0.917 bits per heavy atom. The molecule has 0 radical (unpaired) electrons. The summed E-state index contributed by atoms with van der Waals surface area (Å²) in [7, 11) is -6.46. The highest BCUT2D eigenvalue weighted by atomic mass is 32.2. The lowest BCUT2D eigenvalue weighted by Crippen LogP contribution is -2.48. The first-order valence-corrected chi connectivity index (χ1v) is 12.9. The van der Waals surface area contributed by atoms with Crippen molar-refractivity contribution < 1.29 is 48.2 Å². The fourth-order valence-electron chi connectivity index (χ4n) is 3.43. The van der Waals surface area contributed by atoms with Crippen molar-refractivity contribution in [2.75, 3.05) is 26.2 Å². The molecule has 0 saturated carbocycles. The first-order chi connectivity index (χ1) is 16.4. The van der Waals surface area contributed by atoms with Gasteiger partial charge in [0.1, 0.15) is 0 Å². The van der Waals surface area contributed by atoms with Crippen LogP contribution in [0, 0.1) is 0 Å². The van der Waals surface area contributed by atoms with Crippen molar-refractivity contribution in [2.45, 2.75) is 75.1 Å². The SMILES string of the molecule is C=CC[N+](CC=C)(CC=C)CC=C.O=S(=O)([O-])C(F)(F)C(F)(F)CCCCCCCCCC(F)(F)F. The van der Waals surface area contributed by atoms with E-state index in [0.29, 0.717) is 25.7 Å². The van der Waals surface area contributed by atoms with Gasteiger partial charge in [0.2, 0.25) is 0 Å². The maximum absolute atomic E-state index is 13.0. The van der Waals surface area contributed by atoms with Gasteiger partial charge in [0.05, 0.1) is 26.2 Å². The molecule has 0 unspecified atom stereocenters. The van der Waals surface area contributed by atoms with Crippen molar-refractivity contribution in [3.63, 3.8) is 0 Å². The lowest BCUT2D eigenvalue weighted by molar-refractivity contribution is -0.906. The minimum atomic E-state index is -6.46. The molecule has 0 rings (SSSR count). The van der Waals surface area contributed by atoms with Crippen LogP contribution in [0.3, 0.4) is 0 Å².